The summed E-state index contributed by atoms with van der Waals surface area (Å²) in [5.74, 6) is 1.45. The lowest BCUT2D eigenvalue weighted by molar-refractivity contribution is 0.387. The first-order valence-electron chi connectivity index (χ1n) is 9.75. The molecule has 0 saturated heterocycles. The van der Waals surface area contributed by atoms with Gasteiger partial charge in [-0.2, -0.15) is 4.98 Å². The summed E-state index contributed by atoms with van der Waals surface area (Å²) >= 11 is 2.87. The molecule has 0 bridgehead atoms. The zero-order valence-corrected chi connectivity index (χ0v) is 18.1. The summed E-state index contributed by atoms with van der Waals surface area (Å²) in [7, 11) is 0. The predicted molar refractivity (Wildman–Crippen MR) is 115 cm³/mol. The van der Waals surface area contributed by atoms with Crippen molar-refractivity contribution >= 4 is 33.3 Å². The SMILES string of the molecule is Cc1noc(CSc2nc3sc4c(c3c(=O)n2-c2ccccc2F)CC[C@@H](C)C4)n1. The average molecular weight is 443 g/mol. The van der Waals surface area contributed by atoms with E-state index in [9.17, 15) is 9.18 Å². The Labute approximate surface area is 180 Å². The number of aromatic nitrogens is 4. The Morgan fingerprint density at radius 1 is 1.33 bits per heavy atom. The highest BCUT2D eigenvalue weighted by molar-refractivity contribution is 7.98. The van der Waals surface area contributed by atoms with Gasteiger partial charge in [-0.05, 0) is 49.8 Å². The second kappa shape index (κ2) is 7.63. The molecule has 0 aliphatic heterocycles. The molecule has 0 unspecified atom stereocenters. The van der Waals surface area contributed by atoms with Crippen molar-refractivity contribution in [1.29, 1.82) is 0 Å². The van der Waals surface area contributed by atoms with E-state index < -0.39 is 5.82 Å². The highest BCUT2D eigenvalue weighted by Crippen LogP contribution is 2.37. The number of para-hydroxylation sites is 1. The fraction of sp³-hybridized carbons (Fsp3) is 0.333. The quantitative estimate of drug-likeness (QED) is 0.337. The van der Waals surface area contributed by atoms with E-state index in [1.165, 1.54) is 27.3 Å². The summed E-state index contributed by atoms with van der Waals surface area (Å²) in [5, 5.41) is 4.84. The molecule has 5 rings (SSSR count). The molecule has 1 atom stereocenters. The molecule has 1 aliphatic carbocycles. The lowest BCUT2D eigenvalue weighted by atomic mass is 9.89. The summed E-state index contributed by atoms with van der Waals surface area (Å²) < 4.78 is 21.3. The summed E-state index contributed by atoms with van der Waals surface area (Å²) in [4.78, 5) is 24.6. The molecule has 0 spiro atoms. The third-order valence-electron chi connectivity index (χ3n) is 5.29. The minimum absolute atomic E-state index is 0.199. The molecule has 0 fully saturated rings. The van der Waals surface area contributed by atoms with Crippen LogP contribution < -0.4 is 5.56 Å². The first-order chi connectivity index (χ1) is 14.5. The number of thiophene rings is 1. The number of hydrogen-bond donors (Lipinski definition) is 0. The van der Waals surface area contributed by atoms with Crippen LogP contribution in [0.3, 0.4) is 0 Å². The van der Waals surface area contributed by atoms with Crippen molar-refractivity contribution in [2.45, 2.75) is 44.0 Å². The number of hydrogen-bond acceptors (Lipinski definition) is 7. The highest BCUT2D eigenvalue weighted by Gasteiger charge is 2.26. The predicted octanol–water partition coefficient (Wildman–Crippen LogP) is 4.69. The molecular formula is C21H19FN4O2S2. The van der Waals surface area contributed by atoms with Crippen LogP contribution in [0.25, 0.3) is 15.9 Å². The van der Waals surface area contributed by atoms with E-state index in [-0.39, 0.29) is 11.2 Å². The first kappa shape index (κ1) is 19.4. The molecule has 1 aromatic carbocycles. The van der Waals surface area contributed by atoms with Crippen LogP contribution in [0.1, 0.15) is 35.5 Å². The molecule has 6 nitrogen and oxygen atoms in total. The Morgan fingerprint density at radius 2 is 2.17 bits per heavy atom. The minimum Gasteiger partial charge on any atom is -0.338 e. The molecule has 0 amide bonds. The fourth-order valence-electron chi connectivity index (χ4n) is 3.84. The van der Waals surface area contributed by atoms with E-state index in [0.717, 1.165) is 29.7 Å². The summed E-state index contributed by atoms with van der Waals surface area (Å²) in [5.41, 5.74) is 1.06. The van der Waals surface area contributed by atoms with Crippen LogP contribution in [0.2, 0.25) is 0 Å². The van der Waals surface area contributed by atoms with Crippen molar-refractivity contribution < 1.29 is 8.91 Å². The molecule has 0 N–H and O–H groups in total. The van der Waals surface area contributed by atoms with Crippen molar-refractivity contribution in [3.63, 3.8) is 0 Å². The maximum absolute atomic E-state index is 14.7. The van der Waals surface area contributed by atoms with Crippen LogP contribution in [0.15, 0.2) is 38.7 Å². The number of rotatable bonds is 4. The topological polar surface area (TPSA) is 73.8 Å². The van der Waals surface area contributed by atoms with Gasteiger partial charge in [0.1, 0.15) is 10.6 Å². The van der Waals surface area contributed by atoms with Crippen LogP contribution in [0.5, 0.6) is 0 Å². The van der Waals surface area contributed by atoms with Crippen LogP contribution in [-0.2, 0) is 18.6 Å². The van der Waals surface area contributed by atoms with Gasteiger partial charge in [0.25, 0.3) is 5.56 Å². The third kappa shape index (κ3) is 3.35. The summed E-state index contributed by atoms with van der Waals surface area (Å²) in [6.45, 7) is 3.97. The second-order valence-corrected chi connectivity index (χ2v) is 9.57. The van der Waals surface area contributed by atoms with Gasteiger partial charge in [0, 0.05) is 4.88 Å². The van der Waals surface area contributed by atoms with Gasteiger partial charge in [0.15, 0.2) is 11.0 Å². The monoisotopic (exact) mass is 442 g/mol. The Bertz CT molecular complexity index is 1310. The summed E-state index contributed by atoms with van der Waals surface area (Å²) in [6.07, 6.45) is 2.86. The van der Waals surface area contributed by atoms with Gasteiger partial charge in [-0.1, -0.05) is 36.0 Å². The first-order valence-corrected chi connectivity index (χ1v) is 11.6. The van der Waals surface area contributed by atoms with Gasteiger partial charge in [0.2, 0.25) is 5.89 Å². The molecule has 154 valence electrons. The number of thioether (sulfide) groups is 1. The number of nitrogens with zero attached hydrogens (tertiary/aromatic N) is 4. The fourth-order valence-corrected chi connectivity index (χ4v) is 6.11. The van der Waals surface area contributed by atoms with Crippen molar-refractivity contribution in [2.75, 3.05) is 0 Å². The molecule has 1 aliphatic rings. The normalized spacial score (nSPS) is 16.2. The van der Waals surface area contributed by atoms with E-state index in [1.54, 1.807) is 36.5 Å². The number of aryl methyl sites for hydroxylation is 2. The third-order valence-corrected chi connectivity index (χ3v) is 7.36. The van der Waals surface area contributed by atoms with Gasteiger partial charge in [-0.15, -0.1) is 11.3 Å². The summed E-state index contributed by atoms with van der Waals surface area (Å²) in [6, 6.07) is 6.28. The van der Waals surface area contributed by atoms with E-state index in [4.69, 9.17) is 9.51 Å². The molecule has 0 radical (unpaired) electrons. The van der Waals surface area contributed by atoms with Gasteiger partial charge in [-0.3, -0.25) is 9.36 Å². The van der Waals surface area contributed by atoms with Crippen molar-refractivity contribution in [3.8, 4) is 5.69 Å². The largest absolute Gasteiger partial charge is 0.338 e. The Balaban J connectivity index is 1.69. The van der Waals surface area contributed by atoms with Gasteiger partial charge < -0.3 is 4.52 Å². The number of benzene rings is 1. The molecule has 30 heavy (non-hydrogen) atoms. The number of fused-ring (bicyclic) bond motifs is 3. The Hall–Kier alpha value is -2.52. The zero-order valence-electron chi connectivity index (χ0n) is 16.5. The van der Waals surface area contributed by atoms with Gasteiger partial charge in [0.05, 0.1) is 16.8 Å². The van der Waals surface area contributed by atoms with Gasteiger partial charge >= 0.3 is 0 Å². The van der Waals surface area contributed by atoms with Gasteiger partial charge in [-0.25, -0.2) is 9.37 Å². The smallest absolute Gasteiger partial charge is 0.267 e. The molecule has 3 aromatic heterocycles. The Kier molecular flexibility index (Phi) is 4.94. The molecular weight excluding hydrogens is 423 g/mol. The van der Waals surface area contributed by atoms with Crippen LogP contribution in [0.4, 0.5) is 4.39 Å². The number of halogens is 1. The highest BCUT2D eigenvalue weighted by atomic mass is 32.2. The van der Waals surface area contributed by atoms with E-state index >= 15 is 0 Å². The maximum Gasteiger partial charge on any atom is 0.267 e. The Morgan fingerprint density at radius 3 is 2.93 bits per heavy atom. The standard InChI is InChI=1S/C21H19FN4O2S2/c1-11-7-8-13-16(9-11)30-19-18(13)20(27)26(15-6-4-3-5-14(15)22)21(24-19)29-10-17-23-12(2)25-28-17/h3-6,11H,7-10H2,1-2H3/t11-/m1/s1. The molecule has 3 heterocycles. The van der Waals surface area contributed by atoms with Crippen molar-refractivity contribution in [2.24, 2.45) is 5.92 Å². The molecule has 9 heteroatoms. The molecule has 0 saturated carbocycles. The van der Waals surface area contributed by atoms with E-state index in [0.29, 0.717) is 33.9 Å². The lowest BCUT2D eigenvalue weighted by Gasteiger charge is -2.17. The zero-order chi connectivity index (χ0) is 20.8. The van der Waals surface area contributed by atoms with Crippen molar-refractivity contribution in [1.82, 2.24) is 19.7 Å². The minimum atomic E-state index is -0.464. The van der Waals surface area contributed by atoms with Crippen LogP contribution in [-0.4, -0.2) is 19.7 Å². The molecule has 4 aromatic rings. The average Bonchev–Trinajstić information content (AvgIpc) is 3.29. The van der Waals surface area contributed by atoms with E-state index in [2.05, 4.69) is 17.1 Å². The van der Waals surface area contributed by atoms with Crippen molar-refractivity contribution in [3.05, 3.63) is 62.6 Å². The second-order valence-electron chi connectivity index (χ2n) is 7.54. The maximum atomic E-state index is 14.7. The van der Waals surface area contributed by atoms with E-state index in [1.807, 2.05) is 0 Å². The van der Waals surface area contributed by atoms with Crippen LogP contribution in [0, 0.1) is 18.7 Å². The lowest BCUT2D eigenvalue weighted by Crippen LogP contribution is -2.23. The van der Waals surface area contributed by atoms with Crippen LogP contribution >= 0.6 is 23.1 Å².